The zero-order valence-electron chi connectivity index (χ0n) is 22.0. The van der Waals surface area contributed by atoms with E-state index in [0.717, 1.165) is 47.8 Å². The van der Waals surface area contributed by atoms with Crippen LogP contribution in [0.1, 0.15) is 21.6 Å². The summed E-state index contributed by atoms with van der Waals surface area (Å²) < 4.78 is 1.70. The summed E-state index contributed by atoms with van der Waals surface area (Å²) in [5, 5.41) is 8.11. The predicted molar refractivity (Wildman–Crippen MR) is 154 cm³/mol. The molecule has 2 aromatic carbocycles. The summed E-state index contributed by atoms with van der Waals surface area (Å²) in [5.74, 6) is -0.159. The first-order valence-corrected chi connectivity index (χ1v) is 12.4. The molecule has 1 N–H and O–H groups in total. The van der Waals surface area contributed by atoms with E-state index in [2.05, 4.69) is 32.2 Å². The summed E-state index contributed by atoms with van der Waals surface area (Å²) in [6.45, 7) is 5.05. The molecule has 1 aliphatic rings. The van der Waals surface area contributed by atoms with Crippen LogP contribution in [-0.4, -0.2) is 71.1 Å². The standard InChI is InChI=1S/C28H29N7O3.ClH/c1-19-24-25(34-14-12-32(2)13-15-34)23(17-29-27(24)33(3)31-19)35(18-36)28(38)30-22-11-7-10-21(16-22)26(37)20-8-5-4-6-9-20;/h4-11,16-18H,12-15H2,1-3H3,(H,30,38);1H. The van der Waals surface area contributed by atoms with Crippen molar-refractivity contribution in [2.45, 2.75) is 6.92 Å². The number of benzene rings is 2. The summed E-state index contributed by atoms with van der Waals surface area (Å²) in [4.78, 5) is 48.6. The minimum absolute atomic E-state index is 0. The van der Waals surface area contributed by atoms with Gasteiger partial charge in [-0.15, -0.1) is 12.4 Å². The van der Waals surface area contributed by atoms with Crippen LogP contribution in [0.15, 0.2) is 60.8 Å². The van der Waals surface area contributed by atoms with Crippen molar-refractivity contribution in [3.63, 3.8) is 0 Å². The van der Waals surface area contributed by atoms with Gasteiger partial charge in [-0.1, -0.05) is 42.5 Å². The molecule has 39 heavy (non-hydrogen) atoms. The molecule has 10 nitrogen and oxygen atoms in total. The Kier molecular flexibility index (Phi) is 8.27. The number of halogens is 1. The number of hydrogen-bond donors (Lipinski definition) is 1. The second-order valence-electron chi connectivity index (χ2n) is 9.37. The van der Waals surface area contributed by atoms with Gasteiger partial charge in [0.15, 0.2) is 11.4 Å². The number of likely N-dealkylation sites (N-methyl/N-ethyl adjacent to an activating group) is 1. The van der Waals surface area contributed by atoms with Crippen LogP contribution in [-0.2, 0) is 11.8 Å². The summed E-state index contributed by atoms with van der Waals surface area (Å²) in [5.41, 5.74) is 3.96. The highest BCUT2D eigenvalue weighted by molar-refractivity contribution is 6.17. The molecular formula is C28H30ClN7O3. The number of rotatable bonds is 6. The van der Waals surface area contributed by atoms with Crippen molar-refractivity contribution in [1.29, 1.82) is 0 Å². The molecule has 202 valence electrons. The first-order chi connectivity index (χ1) is 18.4. The van der Waals surface area contributed by atoms with Crippen LogP contribution in [0.2, 0.25) is 0 Å². The van der Waals surface area contributed by atoms with Crippen LogP contribution < -0.4 is 15.1 Å². The number of carbonyl (C=O) groups is 3. The Bertz CT molecular complexity index is 1510. The average molecular weight is 548 g/mol. The molecule has 0 atom stereocenters. The van der Waals surface area contributed by atoms with Gasteiger partial charge in [-0.05, 0) is 26.1 Å². The Morgan fingerprint density at radius 1 is 0.974 bits per heavy atom. The number of fused-ring (bicyclic) bond motifs is 1. The molecule has 3 heterocycles. The Morgan fingerprint density at radius 2 is 1.67 bits per heavy atom. The lowest BCUT2D eigenvalue weighted by molar-refractivity contribution is -0.106. The number of hydrogen-bond acceptors (Lipinski definition) is 7. The first-order valence-electron chi connectivity index (χ1n) is 12.4. The number of imide groups is 1. The van der Waals surface area contributed by atoms with Crippen molar-refractivity contribution in [3.8, 4) is 0 Å². The fraction of sp³-hybridized carbons (Fsp3) is 0.250. The molecule has 0 aliphatic carbocycles. The molecule has 0 unspecified atom stereocenters. The lowest BCUT2D eigenvalue weighted by Crippen LogP contribution is -2.45. The molecule has 0 radical (unpaired) electrons. The number of pyridine rings is 1. The van der Waals surface area contributed by atoms with Crippen LogP contribution in [0.3, 0.4) is 0 Å². The molecule has 4 aromatic rings. The molecule has 11 heteroatoms. The maximum Gasteiger partial charge on any atom is 0.333 e. The molecule has 3 amide bonds. The summed E-state index contributed by atoms with van der Waals surface area (Å²) in [6, 6.07) is 14.9. The van der Waals surface area contributed by atoms with Gasteiger partial charge >= 0.3 is 6.03 Å². The smallest absolute Gasteiger partial charge is 0.333 e. The van der Waals surface area contributed by atoms with E-state index in [1.54, 1.807) is 59.4 Å². The Morgan fingerprint density at radius 3 is 2.36 bits per heavy atom. The number of carbonyl (C=O) groups excluding carboxylic acids is 3. The van der Waals surface area contributed by atoms with Crippen LogP contribution in [0.4, 0.5) is 21.9 Å². The van der Waals surface area contributed by atoms with E-state index in [1.165, 1.54) is 0 Å². The molecule has 1 aliphatic heterocycles. The Hall–Kier alpha value is -4.28. The third-order valence-electron chi connectivity index (χ3n) is 6.80. The minimum Gasteiger partial charge on any atom is -0.367 e. The molecular weight excluding hydrogens is 518 g/mol. The molecule has 2 aromatic heterocycles. The van der Waals surface area contributed by atoms with Crippen molar-refractivity contribution in [2.24, 2.45) is 7.05 Å². The van der Waals surface area contributed by atoms with E-state index in [4.69, 9.17) is 0 Å². The number of nitrogens with zero attached hydrogens (tertiary/aromatic N) is 6. The third-order valence-corrected chi connectivity index (χ3v) is 6.80. The Labute approximate surface area is 232 Å². The highest BCUT2D eigenvalue weighted by Gasteiger charge is 2.28. The number of ketones is 1. The topological polar surface area (TPSA) is 104 Å². The van der Waals surface area contributed by atoms with Crippen LogP contribution >= 0.6 is 12.4 Å². The van der Waals surface area contributed by atoms with Crippen LogP contribution in [0.25, 0.3) is 11.0 Å². The third kappa shape index (κ3) is 5.47. The van der Waals surface area contributed by atoms with E-state index < -0.39 is 6.03 Å². The largest absolute Gasteiger partial charge is 0.367 e. The van der Waals surface area contributed by atoms with Gasteiger partial charge in [0.25, 0.3) is 0 Å². The molecule has 1 fully saturated rings. The maximum atomic E-state index is 13.4. The van der Waals surface area contributed by atoms with Gasteiger partial charge in [0.05, 0.1) is 28.7 Å². The highest BCUT2D eigenvalue weighted by atomic mass is 35.5. The quantitative estimate of drug-likeness (QED) is 0.288. The van der Waals surface area contributed by atoms with Crippen molar-refractivity contribution < 1.29 is 14.4 Å². The number of anilines is 3. The van der Waals surface area contributed by atoms with Gasteiger partial charge in [-0.3, -0.25) is 14.3 Å². The van der Waals surface area contributed by atoms with E-state index in [0.29, 0.717) is 34.6 Å². The van der Waals surface area contributed by atoms with E-state index in [1.807, 2.05) is 20.0 Å². The summed E-state index contributed by atoms with van der Waals surface area (Å²) in [6.07, 6.45) is 2.03. The minimum atomic E-state index is -0.651. The van der Waals surface area contributed by atoms with E-state index in [9.17, 15) is 14.4 Å². The van der Waals surface area contributed by atoms with Crippen molar-refractivity contribution in [3.05, 3.63) is 77.6 Å². The molecule has 0 bridgehead atoms. The first kappa shape index (κ1) is 27.7. The number of aryl methyl sites for hydroxylation is 2. The monoisotopic (exact) mass is 547 g/mol. The molecule has 0 spiro atoms. The summed E-state index contributed by atoms with van der Waals surface area (Å²) in [7, 11) is 3.89. The number of urea groups is 1. The molecule has 1 saturated heterocycles. The highest BCUT2D eigenvalue weighted by Crippen LogP contribution is 2.38. The van der Waals surface area contributed by atoms with Gasteiger partial charge in [-0.25, -0.2) is 14.7 Å². The van der Waals surface area contributed by atoms with Gasteiger partial charge in [0.2, 0.25) is 6.41 Å². The molecule has 5 rings (SSSR count). The average Bonchev–Trinajstić information content (AvgIpc) is 3.22. The van der Waals surface area contributed by atoms with Gasteiger partial charge in [0.1, 0.15) is 0 Å². The van der Waals surface area contributed by atoms with Crippen LogP contribution in [0, 0.1) is 6.92 Å². The number of aromatic nitrogens is 3. The molecule has 0 saturated carbocycles. The number of nitrogens with one attached hydrogen (secondary N) is 1. The zero-order valence-corrected chi connectivity index (χ0v) is 22.8. The Balaban J connectivity index is 0.00000353. The van der Waals surface area contributed by atoms with Crippen molar-refractivity contribution in [1.82, 2.24) is 19.7 Å². The zero-order chi connectivity index (χ0) is 26.8. The van der Waals surface area contributed by atoms with E-state index in [-0.39, 0.29) is 18.2 Å². The van der Waals surface area contributed by atoms with Crippen molar-refractivity contribution >= 4 is 58.7 Å². The fourth-order valence-electron chi connectivity index (χ4n) is 4.80. The van der Waals surface area contributed by atoms with Crippen LogP contribution in [0.5, 0.6) is 0 Å². The van der Waals surface area contributed by atoms with Gasteiger partial charge in [0, 0.05) is 50.0 Å². The fourth-order valence-corrected chi connectivity index (χ4v) is 4.80. The van der Waals surface area contributed by atoms with Crippen molar-refractivity contribution in [2.75, 3.05) is 48.3 Å². The second-order valence-corrected chi connectivity index (χ2v) is 9.37. The number of amides is 3. The normalized spacial score (nSPS) is 13.6. The lowest BCUT2D eigenvalue weighted by atomic mass is 10.0. The maximum absolute atomic E-state index is 13.4. The van der Waals surface area contributed by atoms with Gasteiger partial charge < -0.3 is 15.1 Å². The second kappa shape index (κ2) is 11.6. The number of piperazine rings is 1. The van der Waals surface area contributed by atoms with Gasteiger partial charge in [-0.2, -0.15) is 5.10 Å². The van der Waals surface area contributed by atoms with E-state index >= 15 is 0 Å². The lowest BCUT2D eigenvalue weighted by Gasteiger charge is -2.36. The predicted octanol–water partition coefficient (Wildman–Crippen LogP) is 3.88. The SMILES string of the molecule is Cc1nn(C)c2ncc(N(C=O)C(=O)Nc3cccc(C(=O)c4ccccc4)c3)c(N3CCN(C)CC3)c12.Cl. The summed E-state index contributed by atoms with van der Waals surface area (Å²) >= 11 is 0.